The Balaban J connectivity index is 1.67. The molecule has 0 radical (unpaired) electrons. The van der Waals surface area contributed by atoms with Crippen LogP contribution >= 0.6 is 11.8 Å². The van der Waals surface area contributed by atoms with E-state index >= 15 is 0 Å². The smallest absolute Gasteiger partial charge is 0.229 e. The van der Waals surface area contributed by atoms with Gasteiger partial charge >= 0.3 is 0 Å². The van der Waals surface area contributed by atoms with Gasteiger partial charge in [-0.2, -0.15) is 5.10 Å². The van der Waals surface area contributed by atoms with E-state index in [1.165, 1.54) is 4.90 Å². The molecule has 2 aromatic rings. The zero-order chi connectivity index (χ0) is 21.8. The van der Waals surface area contributed by atoms with E-state index in [9.17, 15) is 9.59 Å². The highest BCUT2D eigenvalue weighted by molar-refractivity contribution is 7.99. The third kappa shape index (κ3) is 5.43. The lowest BCUT2D eigenvalue weighted by molar-refractivity contribution is -0.130. The Bertz CT molecular complexity index is 893. The largest absolute Gasteiger partial charge is 0.322 e. The molecule has 3 atom stereocenters. The number of rotatable bonds is 7. The number of carbonyl (C=O) groups is 2. The topological polar surface area (TPSA) is 88.1 Å². The highest BCUT2D eigenvalue weighted by Crippen LogP contribution is 2.24. The van der Waals surface area contributed by atoms with Crippen molar-refractivity contribution in [3.63, 3.8) is 0 Å². The van der Waals surface area contributed by atoms with Crippen LogP contribution in [0.5, 0.6) is 0 Å². The molecule has 0 spiro atoms. The lowest BCUT2D eigenvalue weighted by Crippen LogP contribution is -2.57. The van der Waals surface area contributed by atoms with E-state index in [2.05, 4.69) is 47.0 Å². The number of hydrogen-bond acceptors (Lipinski definition) is 5. The first-order valence-electron chi connectivity index (χ1n) is 10.4. The fourth-order valence-corrected chi connectivity index (χ4v) is 4.52. The minimum absolute atomic E-state index is 0.00135. The van der Waals surface area contributed by atoms with Crippen LogP contribution in [-0.2, 0) is 16.0 Å². The Morgan fingerprint density at radius 2 is 2.00 bits per heavy atom. The number of anilines is 1. The molecule has 1 aromatic carbocycles. The molecule has 162 valence electrons. The van der Waals surface area contributed by atoms with Crippen LogP contribution in [-0.4, -0.2) is 32.9 Å². The van der Waals surface area contributed by atoms with Crippen molar-refractivity contribution < 1.29 is 9.59 Å². The van der Waals surface area contributed by atoms with Crippen LogP contribution in [0.4, 0.5) is 5.82 Å². The Labute approximate surface area is 182 Å². The molecule has 3 N–H and O–H groups in total. The number of thioether (sulfide) groups is 1. The van der Waals surface area contributed by atoms with Crippen molar-refractivity contribution in [1.29, 1.82) is 0 Å². The second-order valence-corrected chi connectivity index (χ2v) is 9.68. The molecular formula is C22H31N5O2S. The summed E-state index contributed by atoms with van der Waals surface area (Å²) in [5.74, 6) is 0.359. The van der Waals surface area contributed by atoms with Crippen LogP contribution in [0, 0.1) is 12.8 Å². The molecule has 8 heteroatoms. The fourth-order valence-electron chi connectivity index (χ4n) is 3.68. The maximum Gasteiger partial charge on any atom is 0.229 e. The van der Waals surface area contributed by atoms with Crippen molar-refractivity contribution in [3.8, 4) is 0 Å². The predicted molar refractivity (Wildman–Crippen MR) is 120 cm³/mol. The molecule has 0 bridgehead atoms. The summed E-state index contributed by atoms with van der Waals surface area (Å²) in [6.07, 6.45) is 0.546. The Morgan fingerprint density at radius 1 is 1.30 bits per heavy atom. The fraction of sp³-hybridized carbons (Fsp3) is 0.500. The molecule has 30 heavy (non-hydrogen) atoms. The van der Waals surface area contributed by atoms with Crippen molar-refractivity contribution in [2.24, 2.45) is 5.92 Å². The van der Waals surface area contributed by atoms with Gasteiger partial charge in [-0.25, -0.2) is 4.68 Å². The summed E-state index contributed by atoms with van der Waals surface area (Å²) in [6.45, 7) is 10.2. The molecule has 7 nitrogen and oxygen atoms in total. The average molecular weight is 430 g/mol. The quantitative estimate of drug-likeness (QED) is 0.587. The van der Waals surface area contributed by atoms with Gasteiger partial charge in [0.25, 0.3) is 0 Å². The number of nitrogens with one attached hydrogen (secondary N) is 3. The molecule has 1 aliphatic rings. The molecule has 1 aliphatic heterocycles. The molecule has 1 saturated heterocycles. The maximum absolute atomic E-state index is 12.7. The summed E-state index contributed by atoms with van der Waals surface area (Å²) in [5.41, 5.74) is 1.72. The summed E-state index contributed by atoms with van der Waals surface area (Å²) < 4.78 is 1.63. The van der Waals surface area contributed by atoms with Gasteiger partial charge in [-0.1, -0.05) is 32.9 Å². The van der Waals surface area contributed by atoms with E-state index in [1.807, 2.05) is 39.0 Å². The first-order chi connectivity index (χ1) is 14.3. The Kier molecular flexibility index (Phi) is 7.20. The van der Waals surface area contributed by atoms with Crippen LogP contribution in [0.2, 0.25) is 0 Å². The molecule has 0 aliphatic carbocycles. The third-order valence-electron chi connectivity index (χ3n) is 5.11. The maximum atomic E-state index is 12.7. The van der Waals surface area contributed by atoms with Gasteiger partial charge in [0, 0.05) is 22.3 Å². The zero-order valence-electron chi connectivity index (χ0n) is 18.2. The van der Waals surface area contributed by atoms with Crippen molar-refractivity contribution in [1.82, 2.24) is 20.4 Å². The highest BCUT2D eigenvalue weighted by Gasteiger charge is 2.34. The van der Waals surface area contributed by atoms with E-state index in [1.54, 1.807) is 16.4 Å². The predicted octanol–water partition coefficient (Wildman–Crippen LogP) is 3.46. The van der Waals surface area contributed by atoms with E-state index < -0.39 is 6.29 Å². The number of benzene rings is 1. The molecular weight excluding hydrogens is 398 g/mol. The molecule has 1 fully saturated rings. The van der Waals surface area contributed by atoms with Gasteiger partial charge in [-0.05, 0) is 38.0 Å². The first kappa shape index (κ1) is 22.4. The molecule has 2 amide bonds. The van der Waals surface area contributed by atoms with Gasteiger partial charge in [0.1, 0.15) is 5.82 Å². The lowest BCUT2D eigenvalue weighted by atomic mass is 9.95. The van der Waals surface area contributed by atoms with E-state index in [0.29, 0.717) is 11.1 Å². The second kappa shape index (κ2) is 9.66. The van der Waals surface area contributed by atoms with Gasteiger partial charge in [0.15, 0.2) is 6.29 Å². The first-order valence-corrected chi connectivity index (χ1v) is 11.3. The van der Waals surface area contributed by atoms with Crippen LogP contribution in [0.15, 0.2) is 35.2 Å². The van der Waals surface area contributed by atoms with Gasteiger partial charge in [0.05, 0.1) is 18.0 Å². The third-order valence-corrected chi connectivity index (χ3v) is 6.13. The minimum atomic E-state index is -0.494. The van der Waals surface area contributed by atoms with Crippen molar-refractivity contribution in [2.75, 3.05) is 5.32 Å². The number of carbonyl (C=O) groups excluding carboxylic acids is 2. The van der Waals surface area contributed by atoms with Gasteiger partial charge < -0.3 is 10.6 Å². The minimum Gasteiger partial charge on any atom is -0.322 e. The monoisotopic (exact) mass is 429 g/mol. The average Bonchev–Trinajstić information content (AvgIpc) is 3.02. The molecule has 3 unspecified atom stereocenters. The number of nitrogens with zero attached hydrogens (tertiary/aromatic N) is 2. The number of aryl methyl sites for hydroxylation is 1. The van der Waals surface area contributed by atoms with Crippen LogP contribution in [0.3, 0.4) is 0 Å². The van der Waals surface area contributed by atoms with Crippen molar-refractivity contribution >= 4 is 29.4 Å². The molecule has 2 heterocycles. The summed E-state index contributed by atoms with van der Waals surface area (Å²) in [4.78, 5) is 26.3. The van der Waals surface area contributed by atoms with E-state index in [0.717, 1.165) is 17.7 Å². The van der Waals surface area contributed by atoms with Gasteiger partial charge in [0.2, 0.25) is 11.8 Å². The Hall–Kier alpha value is -2.32. The lowest BCUT2D eigenvalue weighted by Gasteiger charge is -2.35. The second-order valence-electron chi connectivity index (χ2n) is 8.03. The standard InChI is InChI=1S/C22H31N5O2S/c1-6-18-15(5)23-22(25-21(18)29)27-19(11-14(4)26-27)24-20(28)12-16-7-9-17(10-8-16)30-13(2)3/h7-11,13,15,18,22-23H,6,12H2,1-5H3,(H,24,28)(H,25,29). The zero-order valence-corrected chi connectivity index (χ0v) is 19.0. The summed E-state index contributed by atoms with van der Waals surface area (Å²) in [6, 6.07) is 9.91. The van der Waals surface area contributed by atoms with E-state index in [-0.39, 0.29) is 30.2 Å². The SMILES string of the molecule is CCC1C(=O)NC(n2nc(C)cc2NC(=O)Cc2ccc(SC(C)C)cc2)NC1C. The van der Waals surface area contributed by atoms with Crippen LogP contribution in [0.25, 0.3) is 0 Å². The van der Waals surface area contributed by atoms with Crippen molar-refractivity contribution in [3.05, 3.63) is 41.6 Å². The number of aromatic nitrogens is 2. The summed E-state index contributed by atoms with van der Waals surface area (Å²) in [5, 5.41) is 14.3. The summed E-state index contributed by atoms with van der Waals surface area (Å²) >= 11 is 1.80. The van der Waals surface area contributed by atoms with Gasteiger partial charge in [-0.15, -0.1) is 11.8 Å². The van der Waals surface area contributed by atoms with Crippen LogP contribution < -0.4 is 16.0 Å². The van der Waals surface area contributed by atoms with Crippen molar-refractivity contribution in [2.45, 2.75) is 69.9 Å². The number of amides is 2. The Morgan fingerprint density at radius 3 is 2.60 bits per heavy atom. The molecule has 0 saturated carbocycles. The highest BCUT2D eigenvalue weighted by atomic mass is 32.2. The normalized spacial score (nSPS) is 21.5. The number of hydrogen-bond donors (Lipinski definition) is 3. The van der Waals surface area contributed by atoms with E-state index in [4.69, 9.17) is 0 Å². The molecule has 1 aromatic heterocycles. The summed E-state index contributed by atoms with van der Waals surface area (Å²) in [7, 11) is 0. The van der Waals surface area contributed by atoms with Crippen LogP contribution in [0.1, 0.15) is 51.7 Å². The molecule has 3 rings (SSSR count). The van der Waals surface area contributed by atoms with Gasteiger partial charge in [-0.3, -0.25) is 14.9 Å².